The van der Waals surface area contributed by atoms with E-state index in [4.69, 9.17) is 9.26 Å². The second kappa shape index (κ2) is 9.03. The van der Waals surface area contributed by atoms with Gasteiger partial charge in [-0.25, -0.2) is 4.79 Å². The van der Waals surface area contributed by atoms with Crippen molar-refractivity contribution in [3.8, 4) is 22.8 Å². The Morgan fingerprint density at radius 1 is 1.22 bits per heavy atom. The van der Waals surface area contributed by atoms with E-state index in [0.717, 1.165) is 11.1 Å². The topological polar surface area (TPSA) is 118 Å². The number of anilines is 1. The Kier molecular flexibility index (Phi) is 6.00. The maximum absolute atomic E-state index is 12.8. The van der Waals surface area contributed by atoms with Crippen LogP contribution >= 0.6 is 0 Å². The number of ether oxygens (including phenoxy) is 1. The first-order valence-corrected chi connectivity index (χ1v) is 10.0. The van der Waals surface area contributed by atoms with E-state index >= 15 is 0 Å². The lowest BCUT2D eigenvalue weighted by Gasteiger charge is -2.15. The molecule has 1 amide bonds. The highest BCUT2D eigenvalue weighted by Crippen LogP contribution is 2.31. The average Bonchev–Trinajstić information content (AvgIpc) is 3.41. The second-order valence-electron chi connectivity index (χ2n) is 7.26. The van der Waals surface area contributed by atoms with Crippen molar-refractivity contribution >= 4 is 17.6 Å². The van der Waals surface area contributed by atoms with E-state index in [9.17, 15) is 14.7 Å². The van der Waals surface area contributed by atoms with Crippen molar-refractivity contribution in [3.05, 3.63) is 65.4 Å². The van der Waals surface area contributed by atoms with E-state index in [1.165, 1.54) is 12.0 Å². The normalized spacial score (nSPS) is 13.6. The Morgan fingerprint density at radius 3 is 2.69 bits per heavy atom. The Hall–Kier alpha value is -3.98. The van der Waals surface area contributed by atoms with Crippen molar-refractivity contribution in [2.75, 3.05) is 32.1 Å². The number of β-amino-alcohol motifs (C(OH)–C–C–N with tert-alkyl or cyclic N) is 1. The van der Waals surface area contributed by atoms with Gasteiger partial charge in [0.1, 0.15) is 5.70 Å². The summed E-state index contributed by atoms with van der Waals surface area (Å²) in [4.78, 5) is 30.9. The largest absolute Gasteiger partial charge is 0.466 e. The first-order valence-electron chi connectivity index (χ1n) is 10.0. The molecule has 0 saturated heterocycles. The van der Waals surface area contributed by atoms with E-state index in [1.807, 2.05) is 31.2 Å². The Balaban J connectivity index is 1.68. The summed E-state index contributed by atoms with van der Waals surface area (Å²) < 4.78 is 10.3. The number of hydrogen-bond donors (Lipinski definition) is 2. The highest BCUT2D eigenvalue weighted by atomic mass is 16.5. The molecule has 32 heavy (non-hydrogen) atoms. The molecule has 2 heterocycles. The van der Waals surface area contributed by atoms with Crippen LogP contribution in [0.1, 0.15) is 5.56 Å². The number of amides is 1. The molecule has 1 aliphatic heterocycles. The van der Waals surface area contributed by atoms with E-state index < -0.39 is 11.9 Å². The highest BCUT2D eigenvalue weighted by Gasteiger charge is 2.35. The maximum Gasteiger partial charge on any atom is 0.337 e. The molecule has 1 aliphatic rings. The number of rotatable bonds is 7. The molecule has 164 valence electrons. The molecule has 0 bridgehead atoms. The minimum Gasteiger partial charge on any atom is -0.466 e. The number of carbonyl (C=O) groups is 2. The SMILES string of the molecule is COC(=O)C1=C(Nc2ccccc2-c2nc(-c3ccc(C)cc3)no2)C(=O)N(CCO)C1. The molecule has 2 aromatic carbocycles. The monoisotopic (exact) mass is 434 g/mol. The lowest BCUT2D eigenvalue weighted by atomic mass is 10.1. The molecule has 0 saturated carbocycles. The van der Waals surface area contributed by atoms with Crippen LogP contribution in [0.5, 0.6) is 0 Å². The molecular weight excluding hydrogens is 412 g/mol. The van der Waals surface area contributed by atoms with Crippen LogP contribution < -0.4 is 5.32 Å². The third-order valence-electron chi connectivity index (χ3n) is 5.11. The van der Waals surface area contributed by atoms with E-state index in [1.54, 1.807) is 24.3 Å². The van der Waals surface area contributed by atoms with Gasteiger partial charge in [0.05, 0.1) is 37.1 Å². The number of aliphatic hydroxyl groups excluding tert-OH is 1. The molecule has 1 aromatic heterocycles. The number of benzene rings is 2. The zero-order valence-corrected chi connectivity index (χ0v) is 17.7. The van der Waals surface area contributed by atoms with Gasteiger partial charge in [0.25, 0.3) is 11.8 Å². The number of para-hydroxylation sites is 1. The van der Waals surface area contributed by atoms with Crippen molar-refractivity contribution in [1.82, 2.24) is 15.0 Å². The van der Waals surface area contributed by atoms with Crippen molar-refractivity contribution in [3.63, 3.8) is 0 Å². The van der Waals surface area contributed by atoms with Gasteiger partial charge >= 0.3 is 5.97 Å². The number of esters is 1. The molecular formula is C23H22N4O5. The highest BCUT2D eigenvalue weighted by molar-refractivity contribution is 6.09. The number of hydrogen-bond acceptors (Lipinski definition) is 8. The lowest BCUT2D eigenvalue weighted by molar-refractivity contribution is -0.136. The summed E-state index contributed by atoms with van der Waals surface area (Å²) in [6.07, 6.45) is 0. The number of methoxy groups -OCH3 is 1. The fourth-order valence-corrected chi connectivity index (χ4v) is 3.41. The first-order chi connectivity index (χ1) is 15.5. The molecule has 0 fully saturated rings. The summed E-state index contributed by atoms with van der Waals surface area (Å²) in [5, 5.41) is 16.3. The van der Waals surface area contributed by atoms with Crippen molar-refractivity contribution in [2.24, 2.45) is 0 Å². The smallest absolute Gasteiger partial charge is 0.337 e. The quantitative estimate of drug-likeness (QED) is 0.544. The molecule has 0 aliphatic carbocycles. The van der Waals surface area contributed by atoms with Gasteiger partial charge in [-0.05, 0) is 19.1 Å². The third kappa shape index (κ3) is 4.10. The van der Waals surface area contributed by atoms with Gasteiger partial charge in [0.2, 0.25) is 5.82 Å². The van der Waals surface area contributed by atoms with Crippen LogP contribution in [0, 0.1) is 6.92 Å². The fraction of sp³-hybridized carbons (Fsp3) is 0.217. The second-order valence-corrected chi connectivity index (χ2v) is 7.26. The van der Waals surface area contributed by atoms with Gasteiger partial charge in [0.15, 0.2) is 0 Å². The molecule has 2 N–H and O–H groups in total. The summed E-state index contributed by atoms with van der Waals surface area (Å²) in [6.45, 7) is 1.94. The number of aromatic nitrogens is 2. The molecule has 9 nitrogen and oxygen atoms in total. The van der Waals surface area contributed by atoms with E-state index in [2.05, 4.69) is 15.5 Å². The zero-order chi connectivity index (χ0) is 22.7. The van der Waals surface area contributed by atoms with Gasteiger partial charge < -0.3 is 24.6 Å². The van der Waals surface area contributed by atoms with Gasteiger partial charge in [-0.15, -0.1) is 0 Å². The number of nitrogens with zero attached hydrogens (tertiary/aromatic N) is 3. The maximum atomic E-state index is 12.8. The molecule has 4 rings (SSSR count). The predicted octanol–water partition coefficient (Wildman–Crippen LogP) is 2.39. The first kappa shape index (κ1) is 21.3. The Labute approximate surface area is 184 Å². The molecule has 0 radical (unpaired) electrons. The summed E-state index contributed by atoms with van der Waals surface area (Å²) in [7, 11) is 1.26. The Bertz CT molecular complexity index is 1180. The fourth-order valence-electron chi connectivity index (χ4n) is 3.41. The standard InChI is InChI=1S/C23H22N4O5/c1-14-7-9-15(10-8-14)20-25-21(32-26-20)16-5-3-4-6-18(16)24-19-17(23(30)31-2)13-27(11-12-28)22(19)29/h3-10,24,28H,11-13H2,1-2H3. The summed E-state index contributed by atoms with van der Waals surface area (Å²) in [5.74, 6) is -0.310. The van der Waals surface area contributed by atoms with Gasteiger partial charge in [-0.2, -0.15) is 4.98 Å². The minimum atomic E-state index is -0.613. The van der Waals surface area contributed by atoms with Crippen LogP contribution in [0.15, 0.2) is 64.3 Å². The molecule has 0 unspecified atom stereocenters. The number of carbonyl (C=O) groups excluding carboxylic acids is 2. The van der Waals surface area contributed by atoms with Gasteiger partial charge in [0, 0.05) is 12.1 Å². The zero-order valence-electron chi connectivity index (χ0n) is 17.7. The summed E-state index contributed by atoms with van der Waals surface area (Å²) in [5.41, 5.74) is 3.31. The minimum absolute atomic E-state index is 0.0503. The molecule has 0 spiro atoms. The van der Waals surface area contributed by atoms with E-state index in [0.29, 0.717) is 17.1 Å². The van der Waals surface area contributed by atoms with Crippen LogP contribution in [-0.4, -0.2) is 58.8 Å². The lowest BCUT2D eigenvalue weighted by Crippen LogP contribution is -2.31. The van der Waals surface area contributed by atoms with Crippen molar-refractivity contribution in [1.29, 1.82) is 0 Å². The third-order valence-corrected chi connectivity index (χ3v) is 5.11. The van der Waals surface area contributed by atoms with Crippen LogP contribution in [-0.2, 0) is 14.3 Å². The number of aliphatic hydroxyl groups is 1. The summed E-state index contributed by atoms with van der Waals surface area (Å²) in [6, 6.07) is 14.9. The predicted molar refractivity (Wildman–Crippen MR) is 116 cm³/mol. The van der Waals surface area contributed by atoms with Gasteiger partial charge in [-0.1, -0.05) is 47.1 Å². The van der Waals surface area contributed by atoms with E-state index in [-0.39, 0.29) is 36.9 Å². The van der Waals surface area contributed by atoms with Crippen LogP contribution in [0.3, 0.4) is 0 Å². The van der Waals surface area contributed by atoms with Crippen LogP contribution in [0.4, 0.5) is 5.69 Å². The van der Waals surface area contributed by atoms with Crippen molar-refractivity contribution < 1.29 is 24.0 Å². The number of nitrogens with one attached hydrogen (secondary N) is 1. The molecule has 9 heteroatoms. The summed E-state index contributed by atoms with van der Waals surface area (Å²) >= 11 is 0. The van der Waals surface area contributed by atoms with Crippen LogP contribution in [0.25, 0.3) is 22.8 Å². The molecule has 0 atom stereocenters. The Morgan fingerprint density at radius 2 is 1.97 bits per heavy atom. The van der Waals surface area contributed by atoms with Crippen molar-refractivity contribution in [2.45, 2.75) is 6.92 Å². The number of aryl methyl sites for hydroxylation is 1. The average molecular weight is 434 g/mol. The van der Waals surface area contributed by atoms with Crippen LogP contribution in [0.2, 0.25) is 0 Å². The van der Waals surface area contributed by atoms with Gasteiger partial charge in [-0.3, -0.25) is 4.79 Å². The molecule has 3 aromatic rings.